The van der Waals surface area contributed by atoms with Gasteiger partial charge in [0.1, 0.15) is 6.10 Å². The molecule has 0 saturated carbocycles. The number of amides is 1. The van der Waals surface area contributed by atoms with Crippen molar-refractivity contribution < 1.29 is 9.53 Å². The molecule has 1 unspecified atom stereocenters. The number of nitrogens with zero attached hydrogens (tertiary/aromatic N) is 2. The molecule has 1 aromatic heterocycles. The summed E-state index contributed by atoms with van der Waals surface area (Å²) >= 11 is 0. The number of ether oxygens (including phenoxy) is 1. The van der Waals surface area contributed by atoms with E-state index in [0.717, 1.165) is 19.5 Å². The molecule has 1 aliphatic heterocycles. The summed E-state index contributed by atoms with van der Waals surface area (Å²) < 4.78 is 5.58. The van der Waals surface area contributed by atoms with Gasteiger partial charge in [-0.05, 0) is 19.0 Å². The molecule has 86 valence electrons. The Morgan fingerprint density at radius 3 is 3.00 bits per heavy atom. The minimum Gasteiger partial charge on any atom is -0.472 e. The van der Waals surface area contributed by atoms with Crippen LogP contribution in [0.4, 0.5) is 0 Å². The summed E-state index contributed by atoms with van der Waals surface area (Å²) in [6, 6.07) is 3.26. The van der Waals surface area contributed by atoms with E-state index in [4.69, 9.17) is 4.74 Å². The van der Waals surface area contributed by atoms with Gasteiger partial charge in [0.25, 0.3) is 5.91 Å². The van der Waals surface area contributed by atoms with Crippen molar-refractivity contribution in [3.63, 3.8) is 0 Å². The van der Waals surface area contributed by atoms with E-state index in [-0.39, 0.29) is 12.0 Å². The van der Waals surface area contributed by atoms with Gasteiger partial charge in [0.05, 0.1) is 0 Å². The molecular formula is C10H14N4O2. The molecule has 6 nitrogen and oxygen atoms in total. The van der Waals surface area contributed by atoms with Crippen molar-refractivity contribution >= 4 is 5.91 Å². The molecule has 0 spiro atoms. The van der Waals surface area contributed by atoms with Crippen LogP contribution < -0.4 is 15.4 Å². The Bertz CT molecular complexity index is 360. The number of carbonyl (C=O) groups is 1. The van der Waals surface area contributed by atoms with Gasteiger partial charge in [-0.1, -0.05) is 0 Å². The number of rotatable bonds is 3. The molecule has 16 heavy (non-hydrogen) atoms. The van der Waals surface area contributed by atoms with Crippen LogP contribution in [0.1, 0.15) is 16.9 Å². The smallest absolute Gasteiger partial charge is 0.271 e. The van der Waals surface area contributed by atoms with E-state index >= 15 is 0 Å². The van der Waals surface area contributed by atoms with Gasteiger partial charge in [-0.3, -0.25) is 4.79 Å². The lowest BCUT2D eigenvalue weighted by Gasteiger charge is -2.10. The molecule has 2 rings (SSSR count). The molecule has 6 heteroatoms. The summed E-state index contributed by atoms with van der Waals surface area (Å²) in [6.45, 7) is 1.80. The van der Waals surface area contributed by atoms with Crippen LogP contribution >= 0.6 is 0 Å². The van der Waals surface area contributed by atoms with E-state index < -0.39 is 0 Å². The Morgan fingerprint density at radius 2 is 2.44 bits per heavy atom. The first kappa shape index (κ1) is 10.8. The molecular weight excluding hydrogens is 208 g/mol. The second kappa shape index (κ2) is 4.89. The minimum atomic E-state index is -0.249. The third kappa shape index (κ3) is 2.46. The second-order valence-corrected chi connectivity index (χ2v) is 3.57. The maximum atomic E-state index is 11.2. The van der Waals surface area contributed by atoms with Crippen molar-refractivity contribution in [1.82, 2.24) is 20.8 Å². The van der Waals surface area contributed by atoms with Crippen LogP contribution in [0.2, 0.25) is 0 Å². The second-order valence-electron chi connectivity index (χ2n) is 3.57. The van der Waals surface area contributed by atoms with Gasteiger partial charge >= 0.3 is 0 Å². The van der Waals surface area contributed by atoms with Crippen LogP contribution in [0.25, 0.3) is 0 Å². The Balaban J connectivity index is 1.98. The van der Waals surface area contributed by atoms with Gasteiger partial charge in [-0.15, -0.1) is 10.2 Å². The first-order valence-corrected chi connectivity index (χ1v) is 5.23. The van der Waals surface area contributed by atoms with E-state index in [2.05, 4.69) is 20.8 Å². The summed E-state index contributed by atoms with van der Waals surface area (Å²) in [7, 11) is 1.55. The fourth-order valence-electron chi connectivity index (χ4n) is 1.53. The number of carbonyl (C=O) groups excluding carboxylic acids is 1. The average molecular weight is 222 g/mol. The molecule has 0 radical (unpaired) electrons. The summed E-state index contributed by atoms with van der Waals surface area (Å²) in [5.41, 5.74) is 0.291. The largest absolute Gasteiger partial charge is 0.472 e. The number of aromatic nitrogens is 2. The van der Waals surface area contributed by atoms with E-state index in [1.807, 2.05) is 0 Å². The maximum Gasteiger partial charge on any atom is 0.271 e. The van der Waals surface area contributed by atoms with E-state index in [0.29, 0.717) is 11.6 Å². The monoisotopic (exact) mass is 222 g/mol. The van der Waals surface area contributed by atoms with Gasteiger partial charge in [-0.2, -0.15) is 0 Å². The van der Waals surface area contributed by atoms with Crippen molar-refractivity contribution in [3.8, 4) is 5.88 Å². The van der Waals surface area contributed by atoms with E-state index in [1.54, 1.807) is 19.2 Å². The molecule has 0 bridgehead atoms. The molecule has 1 atom stereocenters. The third-order valence-electron chi connectivity index (χ3n) is 2.40. The molecule has 1 amide bonds. The van der Waals surface area contributed by atoms with Crippen LogP contribution in [0.15, 0.2) is 12.1 Å². The van der Waals surface area contributed by atoms with Crippen molar-refractivity contribution in [2.45, 2.75) is 12.5 Å². The van der Waals surface area contributed by atoms with Gasteiger partial charge in [-0.25, -0.2) is 0 Å². The average Bonchev–Trinajstić information content (AvgIpc) is 2.82. The van der Waals surface area contributed by atoms with E-state index in [9.17, 15) is 4.79 Å². The normalized spacial score (nSPS) is 19.4. The highest BCUT2D eigenvalue weighted by atomic mass is 16.5. The van der Waals surface area contributed by atoms with Crippen molar-refractivity contribution in [3.05, 3.63) is 17.8 Å². The van der Waals surface area contributed by atoms with E-state index in [1.165, 1.54) is 0 Å². The zero-order chi connectivity index (χ0) is 11.4. The lowest BCUT2D eigenvalue weighted by molar-refractivity contribution is 0.0956. The summed E-state index contributed by atoms with van der Waals surface area (Å²) in [5.74, 6) is 0.211. The predicted molar refractivity (Wildman–Crippen MR) is 57.3 cm³/mol. The van der Waals surface area contributed by atoms with Crippen LogP contribution in [0, 0.1) is 0 Å². The highest BCUT2D eigenvalue weighted by molar-refractivity contribution is 5.91. The molecule has 1 fully saturated rings. The Hall–Kier alpha value is -1.69. The lowest BCUT2D eigenvalue weighted by Crippen LogP contribution is -2.22. The zero-order valence-electron chi connectivity index (χ0n) is 9.06. The first-order chi connectivity index (χ1) is 7.79. The highest BCUT2D eigenvalue weighted by Crippen LogP contribution is 2.10. The van der Waals surface area contributed by atoms with Gasteiger partial charge in [0.2, 0.25) is 5.88 Å². The number of hydrogen-bond acceptors (Lipinski definition) is 5. The zero-order valence-corrected chi connectivity index (χ0v) is 9.06. The van der Waals surface area contributed by atoms with Crippen molar-refractivity contribution in [2.75, 3.05) is 20.1 Å². The number of nitrogens with one attached hydrogen (secondary N) is 2. The molecule has 1 aliphatic rings. The van der Waals surface area contributed by atoms with Crippen LogP contribution in [-0.4, -0.2) is 42.3 Å². The van der Waals surface area contributed by atoms with Gasteiger partial charge < -0.3 is 15.4 Å². The first-order valence-electron chi connectivity index (χ1n) is 5.23. The summed E-state index contributed by atoms with van der Waals surface area (Å²) in [6.07, 6.45) is 1.12. The van der Waals surface area contributed by atoms with Gasteiger partial charge in [0.15, 0.2) is 5.69 Å². The molecule has 1 aromatic rings. The number of hydrogen-bond donors (Lipinski definition) is 2. The van der Waals surface area contributed by atoms with Crippen LogP contribution in [0.3, 0.4) is 0 Å². The third-order valence-corrected chi connectivity index (χ3v) is 2.40. The topological polar surface area (TPSA) is 76.1 Å². The lowest BCUT2D eigenvalue weighted by atomic mass is 10.3. The SMILES string of the molecule is CNC(=O)c1ccc(OC2CCNC2)nn1. The fourth-order valence-corrected chi connectivity index (χ4v) is 1.53. The van der Waals surface area contributed by atoms with Crippen LogP contribution in [0.5, 0.6) is 5.88 Å². The molecule has 0 aliphatic carbocycles. The van der Waals surface area contributed by atoms with Crippen molar-refractivity contribution in [2.24, 2.45) is 0 Å². The summed E-state index contributed by atoms with van der Waals surface area (Å²) in [5, 5.41) is 13.3. The molecule has 2 N–H and O–H groups in total. The molecule has 2 heterocycles. The Labute approximate surface area is 93.4 Å². The Kier molecular flexibility index (Phi) is 3.31. The van der Waals surface area contributed by atoms with Crippen molar-refractivity contribution in [1.29, 1.82) is 0 Å². The minimum absolute atomic E-state index is 0.153. The summed E-state index contributed by atoms with van der Waals surface area (Å²) in [4.78, 5) is 11.2. The Morgan fingerprint density at radius 1 is 1.56 bits per heavy atom. The predicted octanol–water partition coefficient (Wildman–Crippen LogP) is -0.423. The quantitative estimate of drug-likeness (QED) is 0.726. The maximum absolute atomic E-state index is 11.2. The van der Waals surface area contributed by atoms with Gasteiger partial charge in [0, 0.05) is 19.7 Å². The molecule has 0 aromatic carbocycles. The fraction of sp³-hybridized carbons (Fsp3) is 0.500. The molecule has 1 saturated heterocycles. The standard InChI is InChI=1S/C10H14N4O2/c1-11-10(15)8-2-3-9(14-13-8)16-7-4-5-12-6-7/h2-3,7,12H,4-6H2,1H3,(H,11,15). The van der Waals surface area contributed by atoms with Crippen LogP contribution in [-0.2, 0) is 0 Å². The highest BCUT2D eigenvalue weighted by Gasteiger charge is 2.16.